The van der Waals surface area contributed by atoms with Gasteiger partial charge < -0.3 is 10.6 Å². The van der Waals surface area contributed by atoms with Crippen molar-refractivity contribution in [1.82, 2.24) is 15.3 Å². The second kappa shape index (κ2) is 9.14. The van der Waals surface area contributed by atoms with E-state index in [4.69, 9.17) is 11.6 Å². The lowest BCUT2D eigenvalue weighted by Gasteiger charge is -2.08. The van der Waals surface area contributed by atoms with Crippen molar-refractivity contribution in [3.8, 4) is 0 Å². The highest BCUT2D eigenvalue weighted by atomic mass is 35.5. The third kappa shape index (κ3) is 5.79. The van der Waals surface area contributed by atoms with Gasteiger partial charge in [-0.05, 0) is 42.7 Å². The topological polar surface area (TPSA) is 66.9 Å². The normalized spacial score (nSPS) is 10.4. The third-order valence-corrected chi connectivity index (χ3v) is 4.29. The molecule has 0 radical (unpaired) electrons. The lowest BCUT2D eigenvalue weighted by atomic mass is 10.1. The zero-order valence-corrected chi connectivity index (χ0v) is 15.8. The number of aryl methyl sites for hydroxylation is 1. The summed E-state index contributed by atoms with van der Waals surface area (Å²) in [6, 6.07) is 17.3. The van der Waals surface area contributed by atoms with Crippen LogP contribution in [0.25, 0.3) is 0 Å². The van der Waals surface area contributed by atoms with Crippen molar-refractivity contribution in [1.29, 1.82) is 0 Å². The van der Waals surface area contributed by atoms with Crippen LogP contribution in [0.3, 0.4) is 0 Å². The van der Waals surface area contributed by atoms with Gasteiger partial charge in [-0.1, -0.05) is 53.6 Å². The number of benzene rings is 2. The van der Waals surface area contributed by atoms with Gasteiger partial charge >= 0.3 is 0 Å². The highest BCUT2D eigenvalue weighted by molar-refractivity contribution is 6.30. The molecule has 2 N–H and O–H groups in total. The average Bonchev–Trinajstić information content (AvgIpc) is 2.68. The first-order valence-electron chi connectivity index (χ1n) is 8.75. The van der Waals surface area contributed by atoms with Gasteiger partial charge in [-0.25, -0.2) is 9.97 Å². The summed E-state index contributed by atoms with van der Waals surface area (Å²) in [5.74, 6) is 0.215. The Hall–Kier alpha value is -2.92. The van der Waals surface area contributed by atoms with Crippen LogP contribution in [0.1, 0.15) is 27.2 Å². The molecule has 0 aliphatic heterocycles. The molecule has 27 heavy (non-hydrogen) atoms. The molecule has 0 fully saturated rings. The molecule has 3 aromatic rings. The highest BCUT2D eigenvalue weighted by Crippen LogP contribution is 2.10. The number of carbonyl (C=O) groups excluding carboxylic acids is 1. The SMILES string of the molecule is Cc1cccc(CNC(=O)c2ccnc(NCCc3ccc(Cl)cc3)n2)c1. The first-order chi connectivity index (χ1) is 13.1. The zero-order chi connectivity index (χ0) is 19.1. The fraction of sp³-hybridized carbons (Fsp3) is 0.190. The summed E-state index contributed by atoms with van der Waals surface area (Å²) in [6.07, 6.45) is 2.39. The molecular formula is C21H21ClN4O. The van der Waals surface area contributed by atoms with E-state index in [-0.39, 0.29) is 5.91 Å². The van der Waals surface area contributed by atoms with Crippen molar-refractivity contribution in [3.05, 3.63) is 88.2 Å². The Kier molecular flexibility index (Phi) is 6.39. The Bertz CT molecular complexity index is 912. The molecule has 0 bridgehead atoms. The maximum absolute atomic E-state index is 12.3. The smallest absolute Gasteiger partial charge is 0.270 e. The molecule has 0 saturated heterocycles. The Balaban J connectivity index is 1.53. The maximum atomic E-state index is 12.3. The van der Waals surface area contributed by atoms with Gasteiger partial charge in [0.15, 0.2) is 0 Å². The number of nitrogens with zero attached hydrogens (tertiary/aromatic N) is 2. The lowest BCUT2D eigenvalue weighted by Crippen LogP contribution is -2.24. The third-order valence-electron chi connectivity index (χ3n) is 4.03. The number of halogens is 1. The molecule has 0 unspecified atom stereocenters. The molecule has 3 rings (SSSR count). The van der Waals surface area contributed by atoms with Crippen LogP contribution in [0, 0.1) is 6.92 Å². The maximum Gasteiger partial charge on any atom is 0.270 e. The molecule has 0 atom stereocenters. The summed E-state index contributed by atoms with van der Waals surface area (Å²) < 4.78 is 0. The van der Waals surface area contributed by atoms with Crippen LogP contribution in [-0.4, -0.2) is 22.4 Å². The Morgan fingerprint density at radius 3 is 2.67 bits per heavy atom. The van der Waals surface area contributed by atoms with Crippen molar-refractivity contribution in [3.63, 3.8) is 0 Å². The summed E-state index contributed by atoms with van der Waals surface area (Å²) in [5.41, 5.74) is 3.72. The summed E-state index contributed by atoms with van der Waals surface area (Å²) in [5, 5.41) is 6.76. The number of aromatic nitrogens is 2. The van der Waals surface area contributed by atoms with Gasteiger partial charge in [0.25, 0.3) is 5.91 Å². The quantitative estimate of drug-likeness (QED) is 0.649. The van der Waals surface area contributed by atoms with Crippen LogP contribution in [-0.2, 0) is 13.0 Å². The standard InChI is InChI=1S/C21H21ClN4O/c1-15-3-2-4-17(13-15)14-25-20(27)19-10-12-24-21(26-19)23-11-9-16-5-7-18(22)8-6-16/h2-8,10,12-13H,9,11,14H2,1H3,(H,25,27)(H,23,24,26). The second-order valence-corrected chi connectivity index (χ2v) is 6.68. The van der Waals surface area contributed by atoms with Crippen LogP contribution in [0.2, 0.25) is 5.02 Å². The van der Waals surface area contributed by atoms with E-state index >= 15 is 0 Å². The molecule has 0 spiro atoms. The largest absolute Gasteiger partial charge is 0.354 e. The molecular weight excluding hydrogens is 360 g/mol. The van der Waals surface area contributed by atoms with Gasteiger partial charge in [0.05, 0.1) is 0 Å². The van der Waals surface area contributed by atoms with Crippen molar-refractivity contribution in [2.75, 3.05) is 11.9 Å². The predicted octanol–water partition coefficient (Wildman–Crippen LogP) is 4.02. The molecule has 2 aromatic carbocycles. The number of carbonyl (C=O) groups is 1. The van der Waals surface area contributed by atoms with Gasteiger partial charge in [0.1, 0.15) is 5.69 Å². The van der Waals surface area contributed by atoms with Crippen LogP contribution >= 0.6 is 11.6 Å². The van der Waals surface area contributed by atoms with Crippen LogP contribution in [0.15, 0.2) is 60.8 Å². The van der Waals surface area contributed by atoms with Gasteiger partial charge in [-0.3, -0.25) is 4.79 Å². The molecule has 5 nitrogen and oxygen atoms in total. The fourth-order valence-electron chi connectivity index (χ4n) is 2.64. The first kappa shape index (κ1) is 18.9. The minimum Gasteiger partial charge on any atom is -0.354 e. The van der Waals surface area contributed by atoms with E-state index in [2.05, 4.69) is 20.6 Å². The predicted molar refractivity (Wildman–Crippen MR) is 108 cm³/mol. The monoisotopic (exact) mass is 380 g/mol. The van der Waals surface area contributed by atoms with E-state index in [1.807, 2.05) is 55.5 Å². The average molecular weight is 381 g/mol. The summed E-state index contributed by atoms with van der Waals surface area (Å²) in [6.45, 7) is 3.15. The molecule has 0 aliphatic carbocycles. The van der Waals surface area contributed by atoms with Gasteiger partial charge in [0, 0.05) is 24.3 Å². The molecule has 1 amide bonds. The van der Waals surface area contributed by atoms with E-state index < -0.39 is 0 Å². The van der Waals surface area contributed by atoms with Crippen molar-refractivity contribution in [2.45, 2.75) is 19.9 Å². The first-order valence-corrected chi connectivity index (χ1v) is 9.13. The Morgan fingerprint density at radius 1 is 1.07 bits per heavy atom. The van der Waals surface area contributed by atoms with E-state index in [9.17, 15) is 4.79 Å². The van der Waals surface area contributed by atoms with Crippen LogP contribution in [0.4, 0.5) is 5.95 Å². The number of nitrogens with one attached hydrogen (secondary N) is 2. The number of hydrogen-bond donors (Lipinski definition) is 2. The number of amides is 1. The van der Waals surface area contributed by atoms with Crippen molar-refractivity contribution in [2.24, 2.45) is 0 Å². The van der Waals surface area contributed by atoms with Crippen LogP contribution < -0.4 is 10.6 Å². The molecule has 1 aromatic heterocycles. The number of hydrogen-bond acceptors (Lipinski definition) is 4. The van der Waals surface area contributed by atoms with Gasteiger partial charge in [-0.15, -0.1) is 0 Å². The Labute approximate surface area is 163 Å². The summed E-state index contributed by atoms with van der Waals surface area (Å²) >= 11 is 5.89. The van der Waals surface area contributed by atoms with Gasteiger partial charge in [-0.2, -0.15) is 0 Å². The number of rotatable bonds is 7. The second-order valence-electron chi connectivity index (χ2n) is 6.24. The minimum absolute atomic E-state index is 0.223. The molecule has 138 valence electrons. The molecule has 1 heterocycles. The zero-order valence-electron chi connectivity index (χ0n) is 15.1. The van der Waals surface area contributed by atoms with E-state index in [0.29, 0.717) is 24.7 Å². The number of anilines is 1. The molecule has 6 heteroatoms. The van der Waals surface area contributed by atoms with Crippen LogP contribution in [0.5, 0.6) is 0 Å². The van der Waals surface area contributed by atoms with E-state index in [0.717, 1.165) is 22.6 Å². The molecule has 0 saturated carbocycles. The Morgan fingerprint density at radius 2 is 1.89 bits per heavy atom. The minimum atomic E-state index is -0.223. The van der Waals surface area contributed by atoms with Crippen molar-refractivity contribution >= 4 is 23.5 Å². The molecule has 0 aliphatic rings. The summed E-state index contributed by atoms with van der Waals surface area (Å²) in [7, 11) is 0. The van der Waals surface area contributed by atoms with E-state index in [1.165, 1.54) is 5.56 Å². The summed E-state index contributed by atoms with van der Waals surface area (Å²) in [4.78, 5) is 20.8. The van der Waals surface area contributed by atoms with Gasteiger partial charge in [0.2, 0.25) is 5.95 Å². The van der Waals surface area contributed by atoms with E-state index in [1.54, 1.807) is 12.3 Å². The fourth-order valence-corrected chi connectivity index (χ4v) is 2.76. The lowest BCUT2D eigenvalue weighted by molar-refractivity contribution is 0.0946. The van der Waals surface area contributed by atoms with Crippen molar-refractivity contribution < 1.29 is 4.79 Å². The highest BCUT2D eigenvalue weighted by Gasteiger charge is 2.08.